The maximum atomic E-state index is 13.5. The van der Waals surface area contributed by atoms with Crippen LogP contribution >= 0.6 is 0 Å². The third kappa shape index (κ3) is 2.38. The average Bonchev–Trinajstić information content (AvgIpc) is 2.33. The molecule has 0 radical (unpaired) electrons. The van der Waals surface area contributed by atoms with Gasteiger partial charge in [0.25, 0.3) is 0 Å². The van der Waals surface area contributed by atoms with Gasteiger partial charge in [0.1, 0.15) is 0 Å². The Hall–Kier alpha value is -1.42. The van der Waals surface area contributed by atoms with Crippen molar-refractivity contribution in [2.24, 2.45) is 11.1 Å². The Morgan fingerprint density at radius 2 is 2.22 bits per heavy atom. The Bertz CT molecular complexity index is 450. The quantitative estimate of drug-likeness (QED) is 0.818. The van der Waals surface area contributed by atoms with Gasteiger partial charge in [0.2, 0.25) is 0 Å². The molecule has 98 valence electrons. The number of ether oxygens (including phenoxy) is 1. The summed E-state index contributed by atoms with van der Waals surface area (Å²) in [6.07, 6.45) is 3.53. The Morgan fingerprint density at radius 1 is 1.50 bits per heavy atom. The third-order valence-electron chi connectivity index (χ3n) is 3.86. The number of carbonyl (C=O) groups is 1. The van der Waals surface area contributed by atoms with Crippen LogP contribution in [-0.4, -0.2) is 19.4 Å². The third-order valence-corrected chi connectivity index (χ3v) is 3.86. The number of ketones is 1. The monoisotopic (exact) mass is 251 g/mol. The van der Waals surface area contributed by atoms with Crippen LogP contribution in [0.2, 0.25) is 0 Å². The molecule has 0 atom stereocenters. The first-order chi connectivity index (χ1) is 8.60. The molecule has 4 heteroatoms. The van der Waals surface area contributed by atoms with E-state index in [1.54, 1.807) is 6.07 Å². The maximum absolute atomic E-state index is 13.5. The van der Waals surface area contributed by atoms with Gasteiger partial charge in [-0.15, -0.1) is 0 Å². The van der Waals surface area contributed by atoms with Gasteiger partial charge in [-0.3, -0.25) is 4.79 Å². The van der Waals surface area contributed by atoms with Crippen LogP contribution in [0.25, 0.3) is 0 Å². The lowest BCUT2D eigenvalue weighted by Crippen LogP contribution is -2.39. The van der Waals surface area contributed by atoms with Crippen molar-refractivity contribution >= 4 is 5.78 Å². The summed E-state index contributed by atoms with van der Waals surface area (Å²) in [5, 5.41) is 0. The summed E-state index contributed by atoms with van der Waals surface area (Å²) in [5.74, 6) is -0.385. The Balaban J connectivity index is 2.11. The SMILES string of the molecule is COc1ccc(C(=O)CC2(CN)CCC2)cc1F. The van der Waals surface area contributed by atoms with Crippen molar-refractivity contribution in [2.45, 2.75) is 25.7 Å². The molecular formula is C14H18FNO2. The van der Waals surface area contributed by atoms with E-state index in [-0.39, 0.29) is 16.9 Å². The van der Waals surface area contributed by atoms with Crippen LogP contribution in [0, 0.1) is 11.2 Å². The smallest absolute Gasteiger partial charge is 0.165 e. The lowest BCUT2D eigenvalue weighted by atomic mass is 9.65. The number of methoxy groups -OCH3 is 1. The molecule has 0 heterocycles. The maximum Gasteiger partial charge on any atom is 0.165 e. The fraction of sp³-hybridized carbons (Fsp3) is 0.500. The second kappa shape index (κ2) is 5.06. The van der Waals surface area contributed by atoms with Gasteiger partial charge in [0, 0.05) is 12.0 Å². The highest BCUT2D eigenvalue weighted by Gasteiger charge is 2.37. The molecule has 0 aliphatic heterocycles. The molecule has 0 amide bonds. The zero-order chi connectivity index (χ0) is 13.2. The van der Waals surface area contributed by atoms with Crippen LogP contribution in [0.3, 0.4) is 0 Å². The number of benzene rings is 1. The molecule has 3 nitrogen and oxygen atoms in total. The van der Waals surface area contributed by atoms with Crippen LogP contribution in [0.5, 0.6) is 5.75 Å². The molecule has 1 aliphatic carbocycles. The van der Waals surface area contributed by atoms with Crippen LogP contribution in [0.4, 0.5) is 4.39 Å². The van der Waals surface area contributed by atoms with E-state index in [1.807, 2.05) is 0 Å². The van der Waals surface area contributed by atoms with Crippen molar-refractivity contribution in [1.82, 2.24) is 0 Å². The van der Waals surface area contributed by atoms with Crippen molar-refractivity contribution in [2.75, 3.05) is 13.7 Å². The highest BCUT2D eigenvalue weighted by atomic mass is 19.1. The topological polar surface area (TPSA) is 52.3 Å². The highest BCUT2D eigenvalue weighted by molar-refractivity contribution is 5.96. The van der Waals surface area contributed by atoms with E-state index in [0.29, 0.717) is 18.5 Å². The van der Waals surface area contributed by atoms with Gasteiger partial charge in [-0.25, -0.2) is 4.39 Å². The normalized spacial score (nSPS) is 17.1. The van der Waals surface area contributed by atoms with Crippen LogP contribution < -0.4 is 10.5 Å². The predicted octanol–water partition coefficient (Wildman–Crippen LogP) is 2.54. The van der Waals surface area contributed by atoms with Crippen LogP contribution in [0.15, 0.2) is 18.2 Å². The predicted molar refractivity (Wildman–Crippen MR) is 67.2 cm³/mol. The standard InChI is InChI=1S/C14H18FNO2/c1-18-13-4-3-10(7-11(13)15)12(17)8-14(9-16)5-2-6-14/h3-4,7H,2,5-6,8-9,16H2,1H3. The number of hydrogen-bond acceptors (Lipinski definition) is 3. The second-order valence-corrected chi connectivity index (χ2v) is 5.01. The fourth-order valence-electron chi connectivity index (χ4n) is 2.41. The lowest BCUT2D eigenvalue weighted by Gasteiger charge is -2.40. The van der Waals surface area contributed by atoms with Gasteiger partial charge in [0.15, 0.2) is 17.3 Å². The average molecular weight is 251 g/mol. The lowest BCUT2D eigenvalue weighted by molar-refractivity contribution is 0.0785. The molecule has 0 saturated heterocycles. The van der Waals surface area contributed by atoms with Crippen molar-refractivity contribution < 1.29 is 13.9 Å². The van der Waals surface area contributed by atoms with Crippen LogP contribution in [-0.2, 0) is 0 Å². The van der Waals surface area contributed by atoms with E-state index < -0.39 is 5.82 Å². The number of hydrogen-bond donors (Lipinski definition) is 1. The van der Waals surface area contributed by atoms with E-state index in [9.17, 15) is 9.18 Å². The molecule has 1 aromatic rings. The van der Waals surface area contributed by atoms with Crippen molar-refractivity contribution in [3.05, 3.63) is 29.6 Å². The number of rotatable bonds is 5. The van der Waals surface area contributed by atoms with Gasteiger partial charge >= 0.3 is 0 Å². The first-order valence-electron chi connectivity index (χ1n) is 6.17. The van der Waals surface area contributed by atoms with E-state index in [4.69, 9.17) is 10.5 Å². The summed E-state index contributed by atoms with van der Waals surface area (Å²) in [5.41, 5.74) is 6.07. The molecule has 1 fully saturated rings. The molecular weight excluding hydrogens is 233 g/mol. The molecule has 18 heavy (non-hydrogen) atoms. The van der Waals surface area contributed by atoms with Crippen molar-refractivity contribution in [3.8, 4) is 5.75 Å². The summed E-state index contributed by atoms with van der Waals surface area (Å²) >= 11 is 0. The number of carbonyl (C=O) groups excluding carboxylic acids is 1. The Kier molecular flexibility index (Phi) is 3.66. The summed E-state index contributed by atoms with van der Waals surface area (Å²) in [4.78, 5) is 12.1. The minimum Gasteiger partial charge on any atom is -0.494 e. The molecule has 2 N–H and O–H groups in total. The zero-order valence-corrected chi connectivity index (χ0v) is 10.5. The Labute approximate surface area is 106 Å². The summed E-state index contributed by atoms with van der Waals surface area (Å²) < 4.78 is 18.3. The molecule has 1 saturated carbocycles. The van der Waals surface area contributed by atoms with Gasteiger partial charge in [-0.1, -0.05) is 6.42 Å². The van der Waals surface area contributed by atoms with Gasteiger partial charge < -0.3 is 10.5 Å². The van der Waals surface area contributed by atoms with E-state index >= 15 is 0 Å². The van der Waals surface area contributed by atoms with E-state index in [2.05, 4.69) is 0 Å². The highest BCUT2D eigenvalue weighted by Crippen LogP contribution is 2.43. The largest absolute Gasteiger partial charge is 0.494 e. The minimum atomic E-state index is -0.501. The van der Waals surface area contributed by atoms with Gasteiger partial charge in [-0.2, -0.15) is 0 Å². The van der Waals surface area contributed by atoms with Crippen LogP contribution in [0.1, 0.15) is 36.0 Å². The van der Waals surface area contributed by atoms with Crippen molar-refractivity contribution in [3.63, 3.8) is 0 Å². The molecule has 2 rings (SSSR count). The first-order valence-corrected chi connectivity index (χ1v) is 6.17. The minimum absolute atomic E-state index is 0.0401. The molecule has 0 aromatic heterocycles. The molecule has 0 spiro atoms. The number of nitrogens with two attached hydrogens (primary N) is 1. The summed E-state index contributed by atoms with van der Waals surface area (Å²) in [6.45, 7) is 0.525. The zero-order valence-electron chi connectivity index (χ0n) is 10.5. The fourth-order valence-corrected chi connectivity index (χ4v) is 2.41. The Morgan fingerprint density at radius 3 is 2.67 bits per heavy atom. The number of halogens is 1. The van der Waals surface area contributed by atoms with E-state index in [1.165, 1.54) is 19.2 Å². The van der Waals surface area contributed by atoms with Gasteiger partial charge in [-0.05, 0) is 43.0 Å². The summed E-state index contributed by atoms with van der Waals surface area (Å²) in [6, 6.07) is 4.33. The summed E-state index contributed by atoms with van der Waals surface area (Å²) in [7, 11) is 1.40. The molecule has 1 aliphatic rings. The first kappa shape index (κ1) is 13.0. The molecule has 0 bridgehead atoms. The van der Waals surface area contributed by atoms with Crippen molar-refractivity contribution in [1.29, 1.82) is 0 Å². The number of Topliss-reactive ketones (excluding diaryl/α,β-unsaturated/α-hetero) is 1. The second-order valence-electron chi connectivity index (χ2n) is 5.01. The molecule has 0 unspecified atom stereocenters. The molecule has 1 aromatic carbocycles. The van der Waals surface area contributed by atoms with Gasteiger partial charge in [0.05, 0.1) is 7.11 Å². The van der Waals surface area contributed by atoms with E-state index in [0.717, 1.165) is 19.3 Å².